The lowest BCUT2D eigenvalue weighted by molar-refractivity contribution is 0.355. The van der Waals surface area contributed by atoms with Crippen LogP contribution in [0.15, 0.2) is 18.3 Å². The molecule has 0 bridgehead atoms. The molecule has 0 unspecified atom stereocenters. The third kappa shape index (κ3) is 2.17. The van der Waals surface area contributed by atoms with Crippen molar-refractivity contribution < 1.29 is 9.47 Å². The molecule has 0 aliphatic heterocycles. The number of benzene rings is 1. The van der Waals surface area contributed by atoms with E-state index in [2.05, 4.69) is 9.97 Å². The summed E-state index contributed by atoms with van der Waals surface area (Å²) in [6.07, 6.45) is 1.77. The normalized spacial score (nSPS) is 10.4. The number of nitrogens with zero attached hydrogens (tertiary/aromatic N) is 1. The SMILES string of the molecule is COc1cc(C)c(-c2cnc(CN)[nH]2)cc1OC. The molecule has 0 saturated heterocycles. The number of aromatic nitrogens is 2. The van der Waals surface area contributed by atoms with Crippen LogP contribution in [0.2, 0.25) is 0 Å². The maximum Gasteiger partial charge on any atom is 0.161 e. The number of imidazole rings is 1. The van der Waals surface area contributed by atoms with Gasteiger partial charge < -0.3 is 20.2 Å². The van der Waals surface area contributed by atoms with Crippen LogP contribution in [-0.2, 0) is 6.54 Å². The van der Waals surface area contributed by atoms with E-state index < -0.39 is 0 Å². The van der Waals surface area contributed by atoms with Gasteiger partial charge in [-0.25, -0.2) is 4.98 Å². The van der Waals surface area contributed by atoms with Crippen LogP contribution in [0.4, 0.5) is 0 Å². The number of aryl methyl sites for hydroxylation is 1. The van der Waals surface area contributed by atoms with Gasteiger partial charge in [-0.2, -0.15) is 0 Å². The fourth-order valence-electron chi connectivity index (χ4n) is 1.87. The van der Waals surface area contributed by atoms with E-state index in [1.807, 2.05) is 19.1 Å². The largest absolute Gasteiger partial charge is 0.493 e. The van der Waals surface area contributed by atoms with E-state index in [9.17, 15) is 0 Å². The molecule has 2 rings (SSSR count). The van der Waals surface area contributed by atoms with Crippen molar-refractivity contribution in [3.05, 3.63) is 29.7 Å². The van der Waals surface area contributed by atoms with Gasteiger partial charge >= 0.3 is 0 Å². The first-order chi connectivity index (χ1) is 8.69. The maximum atomic E-state index is 5.54. The first kappa shape index (κ1) is 12.4. The van der Waals surface area contributed by atoms with Crippen molar-refractivity contribution in [1.82, 2.24) is 9.97 Å². The van der Waals surface area contributed by atoms with Crippen LogP contribution in [0.3, 0.4) is 0 Å². The number of rotatable bonds is 4. The Morgan fingerprint density at radius 3 is 2.44 bits per heavy atom. The molecule has 5 nitrogen and oxygen atoms in total. The summed E-state index contributed by atoms with van der Waals surface area (Å²) in [4.78, 5) is 7.37. The standard InChI is InChI=1S/C13H17N3O2/c1-8-4-11(17-2)12(18-3)5-9(8)10-7-15-13(6-14)16-10/h4-5,7H,6,14H2,1-3H3,(H,15,16). The highest BCUT2D eigenvalue weighted by Gasteiger charge is 2.11. The molecule has 1 aromatic heterocycles. The Morgan fingerprint density at radius 1 is 1.22 bits per heavy atom. The lowest BCUT2D eigenvalue weighted by Gasteiger charge is -2.11. The summed E-state index contributed by atoms with van der Waals surface area (Å²) in [5.41, 5.74) is 8.58. The Hall–Kier alpha value is -2.01. The molecule has 0 saturated carbocycles. The molecule has 3 N–H and O–H groups in total. The molecular formula is C13H17N3O2. The van der Waals surface area contributed by atoms with Crippen LogP contribution in [-0.4, -0.2) is 24.2 Å². The molecule has 0 aliphatic carbocycles. The zero-order chi connectivity index (χ0) is 13.1. The molecule has 1 heterocycles. The number of hydrogen-bond acceptors (Lipinski definition) is 4. The van der Waals surface area contributed by atoms with Crippen molar-refractivity contribution in [3.63, 3.8) is 0 Å². The maximum absolute atomic E-state index is 5.54. The summed E-state index contributed by atoms with van der Waals surface area (Å²) < 4.78 is 10.6. The Balaban J connectivity index is 2.50. The highest BCUT2D eigenvalue weighted by Crippen LogP contribution is 2.34. The topological polar surface area (TPSA) is 73.2 Å². The summed E-state index contributed by atoms with van der Waals surface area (Å²) >= 11 is 0. The smallest absolute Gasteiger partial charge is 0.161 e. The molecule has 5 heteroatoms. The van der Waals surface area contributed by atoms with Crippen LogP contribution in [0.5, 0.6) is 11.5 Å². The van der Waals surface area contributed by atoms with Crippen molar-refractivity contribution in [2.24, 2.45) is 5.73 Å². The Bertz CT molecular complexity index is 549. The van der Waals surface area contributed by atoms with E-state index in [0.717, 1.165) is 28.4 Å². The highest BCUT2D eigenvalue weighted by molar-refractivity contribution is 5.67. The number of aromatic amines is 1. The van der Waals surface area contributed by atoms with Crippen molar-refractivity contribution in [2.45, 2.75) is 13.5 Å². The van der Waals surface area contributed by atoms with Gasteiger partial charge in [0.15, 0.2) is 11.5 Å². The van der Waals surface area contributed by atoms with Gasteiger partial charge in [0.25, 0.3) is 0 Å². The number of nitrogens with two attached hydrogens (primary N) is 1. The van der Waals surface area contributed by atoms with Gasteiger partial charge in [-0.1, -0.05) is 0 Å². The van der Waals surface area contributed by atoms with E-state index in [1.165, 1.54) is 0 Å². The second-order valence-corrected chi connectivity index (χ2v) is 3.97. The summed E-state index contributed by atoms with van der Waals surface area (Å²) in [6, 6.07) is 3.87. The Morgan fingerprint density at radius 2 is 1.89 bits per heavy atom. The van der Waals surface area contributed by atoms with Crippen LogP contribution in [0, 0.1) is 6.92 Å². The van der Waals surface area contributed by atoms with Crippen LogP contribution < -0.4 is 15.2 Å². The number of nitrogens with one attached hydrogen (secondary N) is 1. The zero-order valence-corrected chi connectivity index (χ0v) is 10.8. The molecule has 0 aliphatic rings. The molecule has 96 valence electrons. The van der Waals surface area contributed by atoms with E-state index >= 15 is 0 Å². The van der Waals surface area contributed by atoms with Crippen LogP contribution in [0.1, 0.15) is 11.4 Å². The Kier molecular flexibility index (Phi) is 3.53. The summed E-state index contributed by atoms with van der Waals surface area (Å²) in [5.74, 6) is 2.18. The van der Waals surface area contributed by atoms with Gasteiger partial charge in [-0.05, 0) is 24.6 Å². The molecule has 0 spiro atoms. The molecule has 0 amide bonds. The zero-order valence-electron chi connectivity index (χ0n) is 10.8. The van der Waals surface area contributed by atoms with E-state index in [1.54, 1.807) is 20.4 Å². The fraction of sp³-hybridized carbons (Fsp3) is 0.308. The minimum Gasteiger partial charge on any atom is -0.493 e. The van der Waals surface area contributed by atoms with Crippen molar-refractivity contribution in [1.29, 1.82) is 0 Å². The van der Waals surface area contributed by atoms with E-state index in [0.29, 0.717) is 12.3 Å². The van der Waals surface area contributed by atoms with Crippen molar-refractivity contribution in [2.75, 3.05) is 14.2 Å². The summed E-state index contributed by atoms with van der Waals surface area (Å²) in [7, 11) is 3.24. The molecule has 1 aromatic carbocycles. The number of methoxy groups -OCH3 is 2. The first-order valence-corrected chi connectivity index (χ1v) is 5.66. The number of ether oxygens (including phenoxy) is 2. The lowest BCUT2D eigenvalue weighted by atomic mass is 10.1. The monoisotopic (exact) mass is 247 g/mol. The fourth-order valence-corrected chi connectivity index (χ4v) is 1.87. The molecule has 18 heavy (non-hydrogen) atoms. The second kappa shape index (κ2) is 5.10. The van der Waals surface area contributed by atoms with Crippen molar-refractivity contribution >= 4 is 0 Å². The van der Waals surface area contributed by atoms with Gasteiger partial charge in [0, 0.05) is 5.56 Å². The predicted octanol–water partition coefficient (Wildman–Crippen LogP) is 1.86. The molecule has 2 aromatic rings. The lowest BCUT2D eigenvalue weighted by Crippen LogP contribution is -1.98. The average molecular weight is 247 g/mol. The first-order valence-electron chi connectivity index (χ1n) is 5.66. The van der Waals surface area contributed by atoms with Crippen molar-refractivity contribution in [3.8, 4) is 22.8 Å². The molecule has 0 radical (unpaired) electrons. The van der Waals surface area contributed by atoms with Crippen LogP contribution >= 0.6 is 0 Å². The predicted molar refractivity (Wildman–Crippen MR) is 69.8 cm³/mol. The molecule has 0 fully saturated rings. The van der Waals surface area contributed by atoms with E-state index in [4.69, 9.17) is 15.2 Å². The minimum absolute atomic E-state index is 0.395. The third-order valence-corrected chi connectivity index (χ3v) is 2.84. The van der Waals surface area contributed by atoms with Gasteiger partial charge in [0.1, 0.15) is 5.82 Å². The van der Waals surface area contributed by atoms with Gasteiger partial charge in [0.05, 0.1) is 32.7 Å². The molecular weight excluding hydrogens is 230 g/mol. The Labute approximate surface area is 106 Å². The highest BCUT2D eigenvalue weighted by atomic mass is 16.5. The van der Waals surface area contributed by atoms with E-state index in [-0.39, 0.29) is 0 Å². The van der Waals surface area contributed by atoms with Gasteiger partial charge in [-0.15, -0.1) is 0 Å². The van der Waals surface area contributed by atoms with Gasteiger partial charge in [0.2, 0.25) is 0 Å². The average Bonchev–Trinajstić information content (AvgIpc) is 2.86. The summed E-state index contributed by atoms with van der Waals surface area (Å²) in [5, 5.41) is 0. The van der Waals surface area contributed by atoms with Gasteiger partial charge in [-0.3, -0.25) is 0 Å². The second-order valence-electron chi connectivity index (χ2n) is 3.97. The minimum atomic E-state index is 0.395. The molecule has 0 atom stereocenters. The number of hydrogen-bond donors (Lipinski definition) is 2. The number of H-pyrrole nitrogens is 1. The summed E-state index contributed by atoms with van der Waals surface area (Å²) in [6.45, 7) is 2.41. The quantitative estimate of drug-likeness (QED) is 0.865. The van der Waals surface area contributed by atoms with Crippen LogP contribution in [0.25, 0.3) is 11.3 Å². The third-order valence-electron chi connectivity index (χ3n) is 2.84.